The molecule has 0 spiro atoms. The lowest BCUT2D eigenvalue weighted by Gasteiger charge is -2.22. The van der Waals surface area contributed by atoms with E-state index in [4.69, 9.17) is 21.9 Å². The summed E-state index contributed by atoms with van der Waals surface area (Å²) in [5.41, 5.74) is 21.6. The number of nitrogen functional groups attached to an aromatic ring is 1. The molecular weight excluding hydrogens is 385 g/mol. The van der Waals surface area contributed by atoms with Crippen LogP contribution in [0.1, 0.15) is 43.1 Å². The topological polar surface area (TPSA) is 130 Å². The number of nitrogens with zero attached hydrogens (tertiary/aromatic N) is 2. The molecule has 2 bridgehead atoms. The quantitative estimate of drug-likeness (QED) is 0.654. The monoisotopic (exact) mass is 409 g/mol. The fourth-order valence-electron chi connectivity index (χ4n) is 3.38. The molecule has 0 unspecified atom stereocenters. The molecule has 0 radical (unpaired) electrons. The molecule has 2 heterocycles. The third-order valence-corrected chi connectivity index (χ3v) is 4.89. The lowest BCUT2D eigenvalue weighted by Crippen LogP contribution is -2.16. The summed E-state index contributed by atoms with van der Waals surface area (Å²) in [6.45, 7) is 4.12. The van der Waals surface area contributed by atoms with Crippen LogP contribution in [0.3, 0.4) is 0 Å². The summed E-state index contributed by atoms with van der Waals surface area (Å²) in [4.78, 5) is 20.7. The predicted molar refractivity (Wildman–Crippen MR) is 115 cm³/mol. The first kappa shape index (κ1) is 21.0. The Balaban J connectivity index is 2.33. The SMILES string of the molecule is CCN=C1C(=CN)CC(C=O)=C(N)c2ccc(F)cc2[C@@H](C)Oc2cc1cnc2N. The summed E-state index contributed by atoms with van der Waals surface area (Å²) in [7, 11) is 0. The fraction of sp³-hybridized carbons (Fsp3) is 0.227. The van der Waals surface area contributed by atoms with Crippen LogP contribution in [0.25, 0.3) is 5.70 Å². The fourth-order valence-corrected chi connectivity index (χ4v) is 3.38. The molecule has 0 aliphatic carbocycles. The Morgan fingerprint density at radius 1 is 1.33 bits per heavy atom. The molecule has 7 nitrogen and oxygen atoms in total. The van der Waals surface area contributed by atoms with E-state index < -0.39 is 11.9 Å². The van der Waals surface area contributed by atoms with Crippen molar-refractivity contribution in [1.82, 2.24) is 4.98 Å². The van der Waals surface area contributed by atoms with Gasteiger partial charge in [-0.05, 0) is 49.9 Å². The molecule has 8 heteroatoms. The number of anilines is 1. The van der Waals surface area contributed by atoms with Gasteiger partial charge in [-0.1, -0.05) is 0 Å². The van der Waals surface area contributed by atoms with Gasteiger partial charge in [-0.25, -0.2) is 9.37 Å². The highest BCUT2D eigenvalue weighted by atomic mass is 19.1. The van der Waals surface area contributed by atoms with Crippen LogP contribution in [0.5, 0.6) is 5.75 Å². The number of rotatable bonds is 2. The van der Waals surface area contributed by atoms with E-state index in [9.17, 15) is 9.18 Å². The number of hydrogen-bond donors (Lipinski definition) is 3. The average molecular weight is 409 g/mol. The minimum absolute atomic E-state index is 0.149. The summed E-state index contributed by atoms with van der Waals surface area (Å²) in [6, 6.07) is 5.86. The predicted octanol–water partition coefficient (Wildman–Crippen LogP) is 2.87. The molecule has 0 amide bonds. The molecule has 2 aromatic rings. The van der Waals surface area contributed by atoms with Gasteiger partial charge >= 0.3 is 0 Å². The Hall–Kier alpha value is -3.68. The van der Waals surface area contributed by atoms with Crippen molar-refractivity contribution in [2.24, 2.45) is 16.5 Å². The summed E-state index contributed by atoms with van der Waals surface area (Å²) in [5, 5.41) is 0. The highest BCUT2D eigenvalue weighted by Crippen LogP contribution is 2.33. The number of hydrogen-bond acceptors (Lipinski definition) is 7. The first-order valence-electron chi connectivity index (χ1n) is 9.51. The highest BCUT2D eigenvalue weighted by molar-refractivity contribution is 6.13. The van der Waals surface area contributed by atoms with Gasteiger partial charge < -0.3 is 21.9 Å². The second-order valence-corrected chi connectivity index (χ2v) is 6.85. The number of halogens is 1. The summed E-state index contributed by atoms with van der Waals surface area (Å²) >= 11 is 0. The maximum atomic E-state index is 14.0. The van der Waals surface area contributed by atoms with Crippen LogP contribution in [-0.2, 0) is 4.79 Å². The van der Waals surface area contributed by atoms with E-state index >= 15 is 0 Å². The molecule has 1 aliphatic rings. The van der Waals surface area contributed by atoms with Crippen LogP contribution in [0.4, 0.5) is 10.2 Å². The van der Waals surface area contributed by atoms with Crippen molar-refractivity contribution >= 4 is 23.5 Å². The van der Waals surface area contributed by atoms with E-state index in [1.807, 2.05) is 6.92 Å². The summed E-state index contributed by atoms with van der Waals surface area (Å²) in [5.74, 6) is 0.0671. The van der Waals surface area contributed by atoms with E-state index in [-0.39, 0.29) is 17.9 Å². The zero-order chi connectivity index (χ0) is 21.8. The Morgan fingerprint density at radius 2 is 2.10 bits per heavy atom. The number of aldehydes is 1. The minimum Gasteiger partial charge on any atom is -0.482 e. The van der Waals surface area contributed by atoms with Crippen molar-refractivity contribution in [3.63, 3.8) is 0 Å². The third kappa shape index (κ3) is 4.03. The van der Waals surface area contributed by atoms with Crippen LogP contribution in [0.2, 0.25) is 0 Å². The number of benzene rings is 1. The van der Waals surface area contributed by atoms with E-state index in [2.05, 4.69) is 9.98 Å². The number of aliphatic imine (C=N–C) groups is 1. The van der Waals surface area contributed by atoms with E-state index in [0.29, 0.717) is 52.1 Å². The lowest BCUT2D eigenvalue weighted by molar-refractivity contribution is -0.104. The van der Waals surface area contributed by atoms with Gasteiger partial charge in [0.2, 0.25) is 0 Å². The smallest absolute Gasteiger partial charge is 0.166 e. The molecular formula is C22H24FN5O2. The van der Waals surface area contributed by atoms with E-state index in [0.717, 1.165) is 0 Å². The normalized spacial score (nSPS) is 19.6. The number of aromatic nitrogens is 1. The second-order valence-electron chi connectivity index (χ2n) is 6.85. The maximum Gasteiger partial charge on any atom is 0.166 e. The zero-order valence-electron chi connectivity index (χ0n) is 16.9. The van der Waals surface area contributed by atoms with Crippen molar-refractivity contribution in [2.75, 3.05) is 12.3 Å². The Morgan fingerprint density at radius 3 is 2.77 bits per heavy atom. The number of nitrogens with two attached hydrogens (primary N) is 3. The Bertz CT molecular complexity index is 1080. The van der Waals surface area contributed by atoms with Crippen LogP contribution < -0.4 is 21.9 Å². The lowest BCUT2D eigenvalue weighted by atomic mass is 9.92. The van der Waals surface area contributed by atoms with Gasteiger partial charge in [0, 0.05) is 47.1 Å². The third-order valence-electron chi connectivity index (χ3n) is 4.89. The van der Waals surface area contributed by atoms with Crippen molar-refractivity contribution in [3.8, 4) is 5.75 Å². The van der Waals surface area contributed by atoms with Gasteiger partial charge in [0.1, 0.15) is 18.2 Å². The van der Waals surface area contributed by atoms with Crippen molar-refractivity contribution in [1.29, 1.82) is 0 Å². The first-order chi connectivity index (χ1) is 14.4. The molecule has 1 atom stereocenters. The molecule has 1 aromatic heterocycles. The molecule has 0 fully saturated rings. The summed E-state index contributed by atoms with van der Waals surface area (Å²) in [6.07, 6.45) is 3.17. The van der Waals surface area contributed by atoms with Gasteiger partial charge in [0.25, 0.3) is 0 Å². The van der Waals surface area contributed by atoms with Gasteiger partial charge in [0.05, 0.1) is 5.71 Å². The summed E-state index contributed by atoms with van der Waals surface area (Å²) < 4.78 is 20.0. The van der Waals surface area contributed by atoms with Crippen molar-refractivity contribution in [3.05, 3.63) is 70.3 Å². The Labute approximate surface area is 174 Å². The second kappa shape index (κ2) is 8.77. The molecule has 1 aromatic carbocycles. The molecule has 6 N–H and O–H groups in total. The molecule has 3 rings (SSSR count). The standard InChI is InChI=1S/C22H24FN5O2/c1-3-27-21-13(9-24)6-15(11-29)20(25)17-5-4-16(23)8-18(17)12(2)30-19-7-14(21)10-28-22(19)26/h4-5,7-12H,3,6,24-25H2,1-2H3,(H2,26,28)/t12-/m1/s1. The van der Waals surface area contributed by atoms with Gasteiger partial charge in [-0.15, -0.1) is 0 Å². The number of carbonyl (C=O) groups excluding carboxylic acids is 1. The molecule has 30 heavy (non-hydrogen) atoms. The largest absolute Gasteiger partial charge is 0.482 e. The average Bonchev–Trinajstić information content (AvgIpc) is 2.74. The van der Waals surface area contributed by atoms with Gasteiger partial charge in [-0.2, -0.15) is 0 Å². The van der Waals surface area contributed by atoms with E-state index in [1.165, 1.54) is 24.4 Å². The molecule has 0 saturated carbocycles. The van der Waals surface area contributed by atoms with Crippen LogP contribution in [0, 0.1) is 5.82 Å². The van der Waals surface area contributed by atoms with Gasteiger partial charge in [-0.3, -0.25) is 9.79 Å². The number of ether oxygens (including phenoxy) is 1. The van der Waals surface area contributed by atoms with Crippen molar-refractivity contribution in [2.45, 2.75) is 26.4 Å². The number of pyridine rings is 1. The van der Waals surface area contributed by atoms with Crippen LogP contribution in [-0.4, -0.2) is 23.5 Å². The highest BCUT2D eigenvalue weighted by Gasteiger charge is 2.22. The Kier molecular flexibility index (Phi) is 6.15. The molecule has 0 saturated heterocycles. The molecule has 1 aliphatic heterocycles. The number of fused-ring (bicyclic) bond motifs is 3. The van der Waals surface area contributed by atoms with E-state index in [1.54, 1.807) is 19.2 Å². The van der Waals surface area contributed by atoms with Gasteiger partial charge in [0.15, 0.2) is 11.6 Å². The van der Waals surface area contributed by atoms with Crippen LogP contribution >= 0.6 is 0 Å². The zero-order valence-corrected chi connectivity index (χ0v) is 16.9. The van der Waals surface area contributed by atoms with Crippen molar-refractivity contribution < 1.29 is 13.9 Å². The molecule has 156 valence electrons. The maximum absolute atomic E-state index is 14.0. The number of allylic oxidation sites excluding steroid dienone is 2. The first-order valence-corrected chi connectivity index (χ1v) is 9.51. The number of carbonyl (C=O) groups is 1. The van der Waals surface area contributed by atoms with Crippen LogP contribution in [0.15, 0.2) is 52.8 Å². The minimum atomic E-state index is -0.614.